The number of nitrogens with one attached hydrogen (secondary N) is 1. The van der Waals surface area contributed by atoms with Crippen molar-refractivity contribution in [3.05, 3.63) is 0 Å². The lowest BCUT2D eigenvalue weighted by atomic mass is 10.1. The average Bonchev–Trinajstić information content (AvgIpc) is 2.80. The summed E-state index contributed by atoms with van der Waals surface area (Å²) in [6.07, 6.45) is 4.25. The van der Waals surface area contributed by atoms with Crippen molar-refractivity contribution in [3.63, 3.8) is 0 Å². The van der Waals surface area contributed by atoms with Crippen LogP contribution < -0.4 is 5.32 Å². The van der Waals surface area contributed by atoms with Crippen molar-refractivity contribution >= 4 is 11.6 Å². The second kappa shape index (κ2) is 5.08. The highest BCUT2D eigenvalue weighted by Crippen LogP contribution is 2.31. The van der Waals surface area contributed by atoms with Crippen LogP contribution in [0.3, 0.4) is 0 Å². The zero-order chi connectivity index (χ0) is 8.97. The quantitative estimate of drug-likeness (QED) is 0.634. The molecule has 1 nitrogen and oxygen atoms in total. The van der Waals surface area contributed by atoms with Crippen LogP contribution in [0.15, 0.2) is 0 Å². The van der Waals surface area contributed by atoms with Crippen LogP contribution in [0.5, 0.6) is 0 Å². The van der Waals surface area contributed by atoms with Gasteiger partial charge in [-0.2, -0.15) is 0 Å². The van der Waals surface area contributed by atoms with Crippen molar-refractivity contribution in [2.24, 2.45) is 11.8 Å². The Balaban J connectivity index is 2.01. The molecule has 2 heteroatoms. The van der Waals surface area contributed by atoms with Crippen LogP contribution in [0, 0.1) is 11.8 Å². The van der Waals surface area contributed by atoms with Gasteiger partial charge < -0.3 is 5.32 Å². The van der Waals surface area contributed by atoms with Crippen LogP contribution in [0.4, 0.5) is 0 Å². The number of halogens is 1. The number of hydrogen-bond acceptors (Lipinski definition) is 1. The second-order valence-corrected chi connectivity index (χ2v) is 4.50. The molecule has 0 aromatic heterocycles. The minimum Gasteiger partial charge on any atom is -0.313 e. The molecule has 1 rings (SSSR count). The van der Waals surface area contributed by atoms with Crippen molar-refractivity contribution in [3.8, 4) is 0 Å². The summed E-state index contributed by atoms with van der Waals surface area (Å²) >= 11 is 5.83. The highest BCUT2D eigenvalue weighted by atomic mass is 35.5. The van der Waals surface area contributed by atoms with Gasteiger partial charge in [-0.3, -0.25) is 0 Å². The first-order valence-corrected chi connectivity index (χ1v) is 5.57. The third kappa shape index (κ3) is 3.77. The fraction of sp³-hybridized carbons (Fsp3) is 1.00. The number of hydrogen-bond donors (Lipinski definition) is 1. The summed E-state index contributed by atoms with van der Waals surface area (Å²) in [7, 11) is 0. The Morgan fingerprint density at radius 1 is 1.42 bits per heavy atom. The topological polar surface area (TPSA) is 12.0 Å². The lowest BCUT2D eigenvalue weighted by molar-refractivity contribution is 0.423. The number of rotatable bonds is 6. The molecule has 0 saturated heterocycles. The van der Waals surface area contributed by atoms with E-state index in [-0.39, 0.29) is 0 Å². The highest BCUT2D eigenvalue weighted by molar-refractivity contribution is 6.18. The number of alkyl halides is 1. The van der Waals surface area contributed by atoms with Gasteiger partial charge in [0.25, 0.3) is 0 Å². The second-order valence-electron chi connectivity index (χ2n) is 4.19. The van der Waals surface area contributed by atoms with Gasteiger partial charge in [-0.1, -0.05) is 26.7 Å². The Morgan fingerprint density at radius 3 is 2.50 bits per heavy atom. The zero-order valence-corrected chi connectivity index (χ0v) is 8.90. The van der Waals surface area contributed by atoms with E-state index in [9.17, 15) is 0 Å². The molecule has 0 aromatic carbocycles. The van der Waals surface area contributed by atoms with Gasteiger partial charge in [-0.25, -0.2) is 0 Å². The highest BCUT2D eigenvalue weighted by Gasteiger charge is 2.21. The minimum absolute atomic E-state index is 0.505. The van der Waals surface area contributed by atoms with E-state index in [1.165, 1.54) is 19.3 Å². The lowest BCUT2D eigenvalue weighted by Gasteiger charge is -2.19. The maximum Gasteiger partial charge on any atom is 0.0379 e. The summed E-state index contributed by atoms with van der Waals surface area (Å²) < 4.78 is 0. The van der Waals surface area contributed by atoms with E-state index >= 15 is 0 Å². The molecule has 72 valence electrons. The maximum atomic E-state index is 5.83. The lowest BCUT2D eigenvalue weighted by Crippen LogP contribution is -2.36. The molecule has 0 heterocycles. The van der Waals surface area contributed by atoms with Crippen LogP contribution in [-0.4, -0.2) is 18.5 Å². The monoisotopic (exact) mass is 189 g/mol. The van der Waals surface area contributed by atoms with E-state index in [2.05, 4.69) is 19.2 Å². The molecule has 1 aliphatic carbocycles. The molecule has 0 radical (unpaired) electrons. The molecule has 0 spiro atoms. The predicted octanol–water partition coefficient (Wildman–Crippen LogP) is 2.64. The first-order chi connectivity index (χ1) is 5.74. The van der Waals surface area contributed by atoms with E-state index in [1.54, 1.807) is 0 Å². The normalized spacial score (nSPS) is 20.0. The maximum absolute atomic E-state index is 5.83. The Bertz CT molecular complexity index is 121. The molecule has 12 heavy (non-hydrogen) atoms. The third-order valence-corrected chi connectivity index (χ3v) is 2.96. The molecule has 1 saturated carbocycles. The van der Waals surface area contributed by atoms with Crippen molar-refractivity contribution in [1.29, 1.82) is 0 Å². The van der Waals surface area contributed by atoms with Gasteiger partial charge in [0.05, 0.1) is 0 Å². The molecule has 1 unspecified atom stereocenters. The third-order valence-electron chi connectivity index (χ3n) is 2.63. The summed E-state index contributed by atoms with van der Waals surface area (Å²) in [5, 5.41) is 3.51. The molecule has 1 atom stereocenters. The van der Waals surface area contributed by atoms with E-state index in [0.29, 0.717) is 12.0 Å². The van der Waals surface area contributed by atoms with Gasteiger partial charge in [0, 0.05) is 11.9 Å². The molecule has 1 N–H and O–H groups in total. The average molecular weight is 190 g/mol. The predicted molar refractivity (Wildman–Crippen MR) is 54.7 cm³/mol. The molecule has 1 aliphatic rings. The van der Waals surface area contributed by atoms with Crippen molar-refractivity contribution in [1.82, 2.24) is 5.32 Å². The SMILES string of the molecule is CC(C)C(CCl)NCCC1CC1. The molecular formula is C10H20ClN. The minimum atomic E-state index is 0.505. The van der Waals surface area contributed by atoms with E-state index in [4.69, 9.17) is 11.6 Å². The molecule has 0 bridgehead atoms. The van der Waals surface area contributed by atoms with Gasteiger partial charge in [-0.15, -0.1) is 11.6 Å². The Morgan fingerprint density at radius 2 is 2.08 bits per heavy atom. The smallest absolute Gasteiger partial charge is 0.0379 e. The van der Waals surface area contributed by atoms with Gasteiger partial charge in [-0.05, 0) is 24.8 Å². The molecule has 1 fully saturated rings. The van der Waals surface area contributed by atoms with E-state index in [1.807, 2.05) is 0 Å². The Hall–Kier alpha value is 0.250. The molecule has 0 aromatic rings. The standard InChI is InChI=1S/C10H20ClN/c1-8(2)10(7-11)12-6-5-9-3-4-9/h8-10,12H,3-7H2,1-2H3. The van der Waals surface area contributed by atoms with Crippen LogP contribution >= 0.6 is 11.6 Å². The van der Waals surface area contributed by atoms with E-state index < -0.39 is 0 Å². The molecule has 0 amide bonds. The van der Waals surface area contributed by atoms with Gasteiger partial charge in [0.1, 0.15) is 0 Å². The van der Waals surface area contributed by atoms with Gasteiger partial charge >= 0.3 is 0 Å². The van der Waals surface area contributed by atoms with E-state index in [0.717, 1.165) is 18.3 Å². The van der Waals surface area contributed by atoms with Crippen molar-refractivity contribution < 1.29 is 0 Å². The summed E-state index contributed by atoms with van der Waals surface area (Å²) in [4.78, 5) is 0. The first kappa shape index (κ1) is 10.3. The summed E-state index contributed by atoms with van der Waals surface area (Å²) in [6, 6.07) is 0.505. The van der Waals surface area contributed by atoms with Gasteiger partial charge in [0.15, 0.2) is 0 Å². The Kier molecular flexibility index (Phi) is 4.38. The summed E-state index contributed by atoms with van der Waals surface area (Å²) in [6.45, 7) is 5.59. The van der Waals surface area contributed by atoms with Crippen LogP contribution in [0.2, 0.25) is 0 Å². The first-order valence-electron chi connectivity index (χ1n) is 5.03. The fourth-order valence-corrected chi connectivity index (χ4v) is 1.81. The van der Waals surface area contributed by atoms with Crippen molar-refractivity contribution in [2.45, 2.75) is 39.2 Å². The van der Waals surface area contributed by atoms with Crippen LogP contribution in [0.25, 0.3) is 0 Å². The Labute approximate surface area is 80.9 Å². The molecule has 0 aliphatic heterocycles. The van der Waals surface area contributed by atoms with Crippen LogP contribution in [0.1, 0.15) is 33.1 Å². The summed E-state index contributed by atoms with van der Waals surface area (Å²) in [5.41, 5.74) is 0. The van der Waals surface area contributed by atoms with Gasteiger partial charge in [0.2, 0.25) is 0 Å². The largest absolute Gasteiger partial charge is 0.313 e. The fourth-order valence-electron chi connectivity index (χ4n) is 1.35. The molecular weight excluding hydrogens is 170 g/mol. The zero-order valence-electron chi connectivity index (χ0n) is 8.15. The summed E-state index contributed by atoms with van der Waals surface area (Å²) in [5.74, 6) is 2.42. The van der Waals surface area contributed by atoms with Crippen LogP contribution in [-0.2, 0) is 0 Å². The van der Waals surface area contributed by atoms with Crippen molar-refractivity contribution in [2.75, 3.05) is 12.4 Å².